The fraction of sp³-hybridized carbons (Fsp3) is 0.667. The number of carbonyl (C=O) groups excluding carboxylic acids is 1. The molecule has 2 N–H and O–H groups in total. The highest BCUT2D eigenvalue weighted by Crippen LogP contribution is 2.45. The summed E-state index contributed by atoms with van der Waals surface area (Å²) in [7, 11) is 0. The number of hydrogen-bond donors (Lipinski definition) is 1. The third-order valence-corrected chi connectivity index (χ3v) is 5.94. The number of ether oxygens (including phenoxy) is 3. The van der Waals surface area contributed by atoms with Crippen LogP contribution in [-0.4, -0.2) is 50.6 Å². The number of anilines is 1. The molecule has 11 heteroatoms. The zero-order valence-corrected chi connectivity index (χ0v) is 18.2. The number of nitrogens with zero attached hydrogens (tertiary/aromatic N) is 3. The van der Waals surface area contributed by atoms with E-state index in [9.17, 15) is 18.0 Å². The van der Waals surface area contributed by atoms with Gasteiger partial charge in [0.1, 0.15) is 30.0 Å². The van der Waals surface area contributed by atoms with Crippen molar-refractivity contribution in [2.45, 2.75) is 89.4 Å². The maximum Gasteiger partial charge on any atom is 0.449 e. The topological polar surface area (TPSA) is 101 Å². The minimum atomic E-state index is -4.79. The number of rotatable bonds is 7. The lowest BCUT2D eigenvalue weighted by molar-refractivity contribution is -0.196. The first-order valence-electron chi connectivity index (χ1n) is 10.7. The van der Waals surface area contributed by atoms with Gasteiger partial charge in [-0.2, -0.15) is 13.2 Å². The molecule has 4 rings (SSSR count). The van der Waals surface area contributed by atoms with Crippen molar-refractivity contribution >= 4 is 22.6 Å². The fourth-order valence-electron chi connectivity index (χ4n) is 4.52. The van der Waals surface area contributed by atoms with Gasteiger partial charge in [0.25, 0.3) is 0 Å². The average molecular weight is 456 g/mol. The van der Waals surface area contributed by atoms with Crippen LogP contribution in [0.4, 0.5) is 19.0 Å². The highest BCUT2D eigenvalue weighted by molar-refractivity contribution is 5.90. The van der Waals surface area contributed by atoms with Crippen LogP contribution < -0.4 is 5.73 Å². The molecule has 4 atom stereocenters. The molecule has 1 unspecified atom stereocenters. The molecular formula is C21H27F3N4O4. The first-order chi connectivity index (χ1) is 15.0. The van der Waals surface area contributed by atoms with Gasteiger partial charge in [-0.3, -0.25) is 4.79 Å². The Morgan fingerprint density at radius 3 is 2.62 bits per heavy atom. The number of unbranched alkanes of at least 4 members (excludes halogenated alkanes) is 1. The Balaban J connectivity index is 1.59. The van der Waals surface area contributed by atoms with Crippen LogP contribution in [0.2, 0.25) is 0 Å². The van der Waals surface area contributed by atoms with Crippen LogP contribution in [0.1, 0.15) is 58.2 Å². The Bertz CT molecular complexity index is 1010. The van der Waals surface area contributed by atoms with Crippen LogP contribution in [0.5, 0.6) is 0 Å². The molecule has 8 nitrogen and oxygen atoms in total. The van der Waals surface area contributed by atoms with Gasteiger partial charge in [-0.15, -0.1) is 0 Å². The predicted octanol–water partition coefficient (Wildman–Crippen LogP) is 3.69. The summed E-state index contributed by atoms with van der Waals surface area (Å²) in [6.07, 6.45) is -1.68. The molecule has 0 radical (unpaired) electrons. The molecule has 2 aliphatic rings. The van der Waals surface area contributed by atoms with Gasteiger partial charge in [0, 0.05) is 12.6 Å². The second-order valence-electron chi connectivity index (χ2n) is 8.69. The number of nitrogen functional groups attached to an aromatic ring is 1. The van der Waals surface area contributed by atoms with Gasteiger partial charge in [0.2, 0.25) is 5.78 Å². The predicted molar refractivity (Wildman–Crippen MR) is 109 cm³/mol. The van der Waals surface area contributed by atoms with Crippen molar-refractivity contribution in [3.63, 3.8) is 0 Å². The van der Waals surface area contributed by atoms with Crippen molar-refractivity contribution in [2.24, 2.45) is 0 Å². The van der Waals surface area contributed by atoms with E-state index in [-0.39, 0.29) is 30.6 Å². The molecule has 2 aliphatic heterocycles. The van der Waals surface area contributed by atoms with E-state index in [4.69, 9.17) is 19.9 Å². The quantitative estimate of drug-likeness (QED) is 0.634. The maximum absolute atomic E-state index is 12.4. The van der Waals surface area contributed by atoms with Crippen molar-refractivity contribution < 1.29 is 32.2 Å². The number of aromatic nitrogens is 3. The van der Waals surface area contributed by atoms with Gasteiger partial charge in [-0.05, 0) is 45.1 Å². The van der Waals surface area contributed by atoms with Gasteiger partial charge in [0.05, 0.1) is 11.5 Å². The summed E-state index contributed by atoms with van der Waals surface area (Å²) < 4.78 is 57.6. The van der Waals surface area contributed by atoms with Gasteiger partial charge >= 0.3 is 6.18 Å². The Kier molecular flexibility index (Phi) is 5.93. The number of fused-ring (bicyclic) bond motifs is 2. The lowest BCUT2D eigenvalue weighted by atomic mass is 10.1. The molecule has 0 bridgehead atoms. The Hall–Kier alpha value is -2.24. The number of ketones is 1. The van der Waals surface area contributed by atoms with E-state index in [2.05, 4.69) is 9.97 Å². The number of Topliss-reactive ketones (excluding diaryl/α,β-unsaturated/α-hetero) is 1. The second kappa shape index (κ2) is 8.27. The molecule has 0 spiro atoms. The summed E-state index contributed by atoms with van der Waals surface area (Å²) in [5.41, 5.74) is 7.47. The maximum atomic E-state index is 12.4. The van der Waals surface area contributed by atoms with E-state index in [0.29, 0.717) is 23.9 Å². The number of halogens is 3. The minimum absolute atomic E-state index is 0.117. The molecule has 32 heavy (non-hydrogen) atoms. The number of nitrogens with two attached hydrogens (primary N) is 1. The zero-order chi connectivity index (χ0) is 23.3. The third kappa shape index (κ3) is 4.20. The molecule has 0 amide bonds. The number of hydrogen-bond acceptors (Lipinski definition) is 7. The van der Waals surface area contributed by atoms with Crippen LogP contribution in [0.15, 0.2) is 12.5 Å². The molecule has 0 aromatic carbocycles. The van der Waals surface area contributed by atoms with Gasteiger partial charge in [-0.1, -0.05) is 6.92 Å². The molecular weight excluding hydrogens is 429 g/mol. The SMILES string of the molecule is CC[C@H]1O[C@@H](n2cc(CCCCC(=O)C(F)(F)F)c3c(N)ncnc32)[C@H]2OC(C)(C)OC12. The van der Waals surface area contributed by atoms with Crippen LogP contribution in [0.3, 0.4) is 0 Å². The average Bonchev–Trinajstić information content (AvgIpc) is 3.33. The van der Waals surface area contributed by atoms with Crippen molar-refractivity contribution in [2.75, 3.05) is 5.73 Å². The highest BCUT2D eigenvalue weighted by Gasteiger charge is 2.55. The summed E-state index contributed by atoms with van der Waals surface area (Å²) in [5.74, 6) is -2.17. The van der Waals surface area contributed by atoms with Crippen LogP contribution >= 0.6 is 0 Å². The first kappa shape index (κ1) is 22.9. The molecule has 2 fully saturated rings. The lowest BCUT2D eigenvalue weighted by Crippen LogP contribution is -2.28. The number of carbonyl (C=O) groups is 1. The molecule has 0 aliphatic carbocycles. The standard InChI is InChI=1S/C21H27F3N4O4/c1-4-12-15-16(32-20(2,3)31-15)19(30-12)28-9-11(14-17(25)26-10-27-18(14)28)7-5-6-8-13(29)21(22,23)24/h9-10,12,15-16,19H,4-8H2,1-3H3,(H2,25,26,27)/t12-,15?,16+,19-/m1/s1. The van der Waals surface area contributed by atoms with E-state index in [0.717, 1.165) is 12.0 Å². The van der Waals surface area contributed by atoms with E-state index < -0.39 is 30.4 Å². The summed E-state index contributed by atoms with van der Waals surface area (Å²) in [6, 6.07) is 0. The van der Waals surface area contributed by atoms with Crippen LogP contribution in [0.25, 0.3) is 11.0 Å². The monoisotopic (exact) mass is 456 g/mol. The normalized spacial score (nSPS) is 27.2. The Labute approximate surface area is 183 Å². The third-order valence-electron chi connectivity index (χ3n) is 5.94. The summed E-state index contributed by atoms with van der Waals surface area (Å²) in [5, 5.41) is 0.632. The van der Waals surface area contributed by atoms with Crippen LogP contribution in [-0.2, 0) is 25.4 Å². The molecule has 2 aromatic heterocycles. The van der Waals surface area contributed by atoms with E-state index >= 15 is 0 Å². The van der Waals surface area contributed by atoms with Crippen molar-refractivity contribution in [3.8, 4) is 0 Å². The smallest absolute Gasteiger partial charge is 0.383 e. The van der Waals surface area contributed by atoms with E-state index in [1.807, 2.05) is 31.5 Å². The minimum Gasteiger partial charge on any atom is -0.383 e. The summed E-state index contributed by atoms with van der Waals surface area (Å²) in [4.78, 5) is 19.6. The highest BCUT2D eigenvalue weighted by atomic mass is 19.4. The van der Waals surface area contributed by atoms with E-state index in [1.165, 1.54) is 6.33 Å². The van der Waals surface area contributed by atoms with Gasteiger partial charge in [-0.25, -0.2) is 9.97 Å². The molecule has 4 heterocycles. The first-order valence-corrected chi connectivity index (χ1v) is 10.7. The molecule has 2 saturated heterocycles. The fourth-order valence-corrected chi connectivity index (χ4v) is 4.52. The zero-order valence-electron chi connectivity index (χ0n) is 18.2. The van der Waals surface area contributed by atoms with Crippen molar-refractivity contribution in [1.82, 2.24) is 14.5 Å². The summed E-state index contributed by atoms with van der Waals surface area (Å²) >= 11 is 0. The van der Waals surface area contributed by atoms with Crippen molar-refractivity contribution in [1.29, 1.82) is 0 Å². The molecule has 176 valence electrons. The molecule has 0 saturated carbocycles. The molecule has 2 aromatic rings. The van der Waals surface area contributed by atoms with E-state index in [1.54, 1.807) is 0 Å². The number of alkyl halides is 3. The number of aryl methyl sites for hydroxylation is 1. The Morgan fingerprint density at radius 2 is 1.94 bits per heavy atom. The van der Waals surface area contributed by atoms with Gasteiger partial charge in [0.15, 0.2) is 12.0 Å². The largest absolute Gasteiger partial charge is 0.449 e. The van der Waals surface area contributed by atoms with Gasteiger partial charge < -0.3 is 24.5 Å². The summed E-state index contributed by atoms with van der Waals surface area (Å²) in [6.45, 7) is 5.73. The van der Waals surface area contributed by atoms with Crippen molar-refractivity contribution in [3.05, 3.63) is 18.1 Å². The lowest BCUT2D eigenvalue weighted by Gasteiger charge is -2.24. The van der Waals surface area contributed by atoms with Crippen LogP contribution in [0, 0.1) is 0 Å². The second-order valence-corrected chi connectivity index (χ2v) is 8.69. The Morgan fingerprint density at radius 1 is 1.22 bits per heavy atom.